The van der Waals surface area contributed by atoms with Gasteiger partial charge in [-0.25, -0.2) is 4.98 Å². The van der Waals surface area contributed by atoms with Gasteiger partial charge in [0.15, 0.2) is 6.10 Å². The Hall–Kier alpha value is -1.04. The molecule has 0 amide bonds. The third kappa shape index (κ3) is 2.06. The van der Waals surface area contributed by atoms with E-state index >= 15 is 0 Å². The number of rotatable bonds is 2. The molecule has 1 unspecified atom stereocenters. The number of nitrogens with zero attached hydrogens (tertiary/aromatic N) is 2. The van der Waals surface area contributed by atoms with E-state index < -0.39 is 12.3 Å². The lowest BCUT2D eigenvalue weighted by Gasteiger charge is -2.18. The summed E-state index contributed by atoms with van der Waals surface area (Å²) in [5, 5.41) is 8.99. The Morgan fingerprint density at radius 3 is 2.43 bits per heavy atom. The maximum Gasteiger partial charge on any atom is 0.420 e. The maximum absolute atomic E-state index is 12.2. The van der Waals surface area contributed by atoms with Crippen LogP contribution in [-0.4, -0.2) is 20.8 Å². The van der Waals surface area contributed by atoms with Crippen molar-refractivity contribution in [3.05, 3.63) is 18.2 Å². The van der Waals surface area contributed by atoms with Gasteiger partial charge in [-0.3, -0.25) is 0 Å². The van der Waals surface area contributed by atoms with Gasteiger partial charge in [0.05, 0.1) is 18.2 Å². The van der Waals surface area contributed by atoms with Crippen molar-refractivity contribution in [3.63, 3.8) is 0 Å². The van der Waals surface area contributed by atoms with Gasteiger partial charge in [-0.05, 0) is 13.8 Å². The zero-order valence-corrected chi connectivity index (χ0v) is 7.78. The molecule has 3 nitrogen and oxygen atoms in total. The molecule has 0 aliphatic heterocycles. The van der Waals surface area contributed by atoms with Gasteiger partial charge < -0.3 is 9.67 Å². The lowest BCUT2D eigenvalue weighted by atomic mass is 10.2. The zero-order chi connectivity index (χ0) is 10.9. The van der Waals surface area contributed by atoms with Crippen LogP contribution in [0.4, 0.5) is 13.2 Å². The van der Waals surface area contributed by atoms with Gasteiger partial charge in [-0.15, -0.1) is 0 Å². The Kier molecular flexibility index (Phi) is 2.84. The monoisotopic (exact) mass is 208 g/mol. The summed E-state index contributed by atoms with van der Waals surface area (Å²) in [6.45, 7) is 3.43. The molecule has 0 radical (unpaired) electrons. The van der Waals surface area contributed by atoms with Crippen molar-refractivity contribution < 1.29 is 18.3 Å². The van der Waals surface area contributed by atoms with Crippen LogP contribution in [0, 0.1) is 0 Å². The van der Waals surface area contributed by atoms with E-state index in [0.29, 0.717) is 0 Å². The van der Waals surface area contributed by atoms with Gasteiger partial charge in [-0.1, -0.05) is 0 Å². The molecule has 0 aliphatic rings. The number of aliphatic hydroxyl groups excluding tert-OH is 1. The first-order chi connectivity index (χ1) is 6.34. The molecule has 0 spiro atoms. The molecule has 0 fully saturated rings. The predicted molar refractivity (Wildman–Crippen MR) is 43.6 cm³/mol. The van der Waals surface area contributed by atoms with Crippen molar-refractivity contribution in [1.29, 1.82) is 0 Å². The van der Waals surface area contributed by atoms with Gasteiger partial charge in [-0.2, -0.15) is 13.2 Å². The number of alkyl halides is 3. The molecule has 0 saturated carbocycles. The second kappa shape index (κ2) is 3.61. The van der Waals surface area contributed by atoms with Crippen LogP contribution in [0.1, 0.15) is 31.7 Å². The first kappa shape index (κ1) is 11.0. The van der Waals surface area contributed by atoms with Crippen molar-refractivity contribution in [2.45, 2.75) is 32.2 Å². The summed E-state index contributed by atoms with van der Waals surface area (Å²) in [7, 11) is 0. The van der Waals surface area contributed by atoms with E-state index in [1.807, 2.05) is 0 Å². The van der Waals surface area contributed by atoms with E-state index in [2.05, 4.69) is 4.98 Å². The predicted octanol–water partition coefficient (Wildman–Crippen LogP) is 2.06. The zero-order valence-electron chi connectivity index (χ0n) is 7.78. The minimum absolute atomic E-state index is 0.162. The lowest BCUT2D eigenvalue weighted by Crippen LogP contribution is -2.23. The van der Waals surface area contributed by atoms with Crippen LogP contribution >= 0.6 is 0 Å². The van der Waals surface area contributed by atoms with Crippen molar-refractivity contribution >= 4 is 0 Å². The average Bonchev–Trinajstić information content (AvgIpc) is 2.48. The topological polar surface area (TPSA) is 38.0 Å². The fraction of sp³-hybridized carbons (Fsp3) is 0.625. The summed E-state index contributed by atoms with van der Waals surface area (Å²) in [4.78, 5) is 3.58. The summed E-state index contributed by atoms with van der Waals surface area (Å²) < 4.78 is 37.8. The molecule has 0 saturated heterocycles. The van der Waals surface area contributed by atoms with Crippen LogP contribution in [0.2, 0.25) is 0 Å². The van der Waals surface area contributed by atoms with Crippen LogP contribution in [-0.2, 0) is 0 Å². The highest BCUT2D eigenvalue weighted by molar-refractivity contribution is 5.06. The van der Waals surface area contributed by atoms with Gasteiger partial charge in [0.25, 0.3) is 0 Å². The second-order valence-electron chi connectivity index (χ2n) is 3.26. The van der Waals surface area contributed by atoms with Crippen LogP contribution in [0.25, 0.3) is 0 Å². The molecule has 1 N–H and O–H groups in total. The molecule has 1 atom stereocenters. The van der Waals surface area contributed by atoms with E-state index in [9.17, 15) is 13.2 Å². The van der Waals surface area contributed by atoms with E-state index in [1.165, 1.54) is 10.9 Å². The van der Waals surface area contributed by atoms with Crippen LogP contribution in [0.3, 0.4) is 0 Å². The maximum atomic E-state index is 12.2. The van der Waals surface area contributed by atoms with Gasteiger partial charge in [0, 0.05) is 6.04 Å². The smallest absolute Gasteiger partial charge is 0.378 e. The van der Waals surface area contributed by atoms with Gasteiger partial charge >= 0.3 is 6.18 Å². The highest BCUT2D eigenvalue weighted by atomic mass is 19.4. The Balaban J connectivity index is 3.01. The number of aromatic nitrogens is 2. The Morgan fingerprint density at radius 1 is 1.43 bits per heavy atom. The Labute approximate surface area is 79.2 Å². The minimum Gasteiger partial charge on any atom is -0.378 e. The average molecular weight is 208 g/mol. The first-order valence-electron chi connectivity index (χ1n) is 4.10. The lowest BCUT2D eigenvalue weighted by molar-refractivity contribution is -0.208. The molecular weight excluding hydrogens is 197 g/mol. The molecule has 1 heterocycles. The molecule has 80 valence electrons. The number of imidazole rings is 1. The van der Waals surface area contributed by atoms with Crippen molar-refractivity contribution in [3.8, 4) is 0 Å². The fourth-order valence-corrected chi connectivity index (χ4v) is 1.13. The summed E-state index contributed by atoms with van der Waals surface area (Å²) >= 11 is 0. The van der Waals surface area contributed by atoms with E-state index in [-0.39, 0.29) is 11.7 Å². The number of halogens is 3. The number of hydrogen-bond donors (Lipinski definition) is 1. The molecule has 0 aromatic carbocycles. The SMILES string of the molecule is CC(C)n1cncc1C(O)C(F)(F)F. The normalized spacial score (nSPS) is 14.8. The summed E-state index contributed by atoms with van der Waals surface area (Å²) in [5.74, 6) is 0. The van der Waals surface area contributed by atoms with E-state index in [4.69, 9.17) is 5.11 Å². The summed E-state index contributed by atoms with van der Waals surface area (Å²) in [5.41, 5.74) is -0.229. The molecule has 0 bridgehead atoms. The third-order valence-electron chi connectivity index (χ3n) is 1.84. The molecule has 1 aromatic heterocycles. The van der Waals surface area contributed by atoms with Crippen LogP contribution in [0.5, 0.6) is 0 Å². The largest absolute Gasteiger partial charge is 0.420 e. The highest BCUT2D eigenvalue weighted by Gasteiger charge is 2.41. The van der Waals surface area contributed by atoms with Crippen molar-refractivity contribution in [2.75, 3.05) is 0 Å². The second-order valence-corrected chi connectivity index (χ2v) is 3.26. The molecule has 14 heavy (non-hydrogen) atoms. The minimum atomic E-state index is -4.65. The summed E-state index contributed by atoms with van der Waals surface area (Å²) in [6.07, 6.45) is -4.81. The van der Waals surface area contributed by atoms with Crippen LogP contribution in [0.15, 0.2) is 12.5 Å². The van der Waals surface area contributed by atoms with Crippen molar-refractivity contribution in [1.82, 2.24) is 9.55 Å². The molecule has 0 aliphatic carbocycles. The molecular formula is C8H11F3N2O. The third-order valence-corrected chi connectivity index (χ3v) is 1.84. The van der Waals surface area contributed by atoms with Crippen LogP contribution < -0.4 is 0 Å². The summed E-state index contributed by atoms with van der Waals surface area (Å²) in [6, 6.07) is -0.162. The molecule has 1 rings (SSSR count). The van der Waals surface area contributed by atoms with E-state index in [1.54, 1.807) is 13.8 Å². The van der Waals surface area contributed by atoms with Gasteiger partial charge in [0.2, 0.25) is 0 Å². The Morgan fingerprint density at radius 2 is 2.00 bits per heavy atom. The molecule has 1 aromatic rings. The number of aliphatic hydroxyl groups is 1. The standard InChI is InChI=1S/C8H11F3N2O/c1-5(2)13-4-12-3-6(13)7(14)8(9,10)11/h3-5,7,14H,1-2H3. The van der Waals surface area contributed by atoms with Gasteiger partial charge in [0.1, 0.15) is 0 Å². The number of hydrogen-bond acceptors (Lipinski definition) is 2. The highest BCUT2D eigenvalue weighted by Crippen LogP contribution is 2.32. The first-order valence-corrected chi connectivity index (χ1v) is 4.10. The quantitative estimate of drug-likeness (QED) is 0.807. The Bertz CT molecular complexity index is 306. The molecule has 6 heteroatoms. The van der Waals surface area contributed by atoms with Crippen molar-refractivity contribution in [2.24, 2.45) is 0 Å². The van der Waals surface area contributed by atoms with E-state index in [0.717, 1.165) is 6.20 Å². The fourth-order valence-electron chi connectivity index (χ4n) is 1.13.